The van der Waals surface area contributed by atoms with E-state index in [0.29, 0.717) is 11.4 Å². The van der Waals surface area contributed by atoms with Gasteiger partial charge in [-0.05, 0) is 44.1 Å². The average molecular weight is 304 g/mol. The minimum atomic E-state index is 0. The summed E-state index contributed by atoms with van der Waals surface area (Å²) in [5.74, 6) is 0.253. The van der Waals surface area contributed by atoms with Crippen LogP contribution in [0.3, 0.4) is 0 Å². The number of carbonyl (C=O) groups excluding carboxylic acids is 1. The van der Waals surface area contributed by atoms with E-state index in [2.05, 4.69) is 5.32 Å². The Morgan fingerprint density at radius 1 is 1.28 bits per heavy atom. The standard InChI is InChI=1S/C13H14ClNOS.ClH/c14-9-1-2-12-10(7-9)11(16)8-13(17-12)3-5-15-6-4-13;/h1-2,7,15H,3-6,8H2;1H. The molecule has 0 radical (unpaired) electrons. The summed E-state index contributed by atoms with van der Waals surface area (Å²) >= 11 is 7.82. The van der Waals surface area contributed by atoms with Crippen LogP contribution < -0.4 is 5.32 Å². The van der Waals surface area contributed by atoms with Gasteiger partial charge in [-0.15, -0.1) is 24.2 Å². The molecule has 18 heavy (non-hydrogen) atoms. The first kappa shape index (κ1) is 14.2. The number of piperidine rings is 1. The van der Waals surface area contributed by atoms with Gasteiger partial charge in [-0.2, -0.15) is 0 Å². The van der Waals surface area contributed by atoms with E-state index in [4.69, 9.17) is 11.6 Å². The predicted molar refractivity (Wildman–Crippen MR) is 78.3 cm³/mol. The molecule has 3 rings (SSSR count). The monoisotopic (exact) mass is 303 g/mol. The zero-order valence-corrected chi connectivity index (χ0v) is 12.3. The van der Waals surface area contributed by atoms with Crippen LogP contribution in [0.15, 0.2) is 23.1 Å². The Kier molecular flexibility index (Phi) is 4.27. The first-order chi connectivity index (χ1) is 8.19. The van der Waals surface area contributed by atoms with Crippen LogP contribution in [0.2, 0.25) is 5.02 Å². The van der Waals surface area contributed by atoms with Crippen molar-refractivity contribution in [2.24, 2.45) is 0 Å². The molecule has 0 amide bonds. The van der Waals surface area contributed by atoms with E-state index in [1.165, 1.54) is 0 Å². The number of thioether (sulfide) groups is 1. The van der Waals surface area contributed by atoms with Crippen molar-refractivity contribution >= 4 is 41.6 Å². The van der Waals surface area contributed by atoms with Crippen molar-refractivity contribution in [2.45, 2.75) is 28.9 Å². The molecule has 2 nitrogen and oxygen atoms in total. The lowest BCUT2D eigenvalue weighted by molar-refractivity contribution is 0.0955. The molecule has 5 heteroatoms. The molecule has 1 aromatic rings. The summed E-state index contributed by atoms with van der Waals surface area (Å²) < 4.78 is 0.128. The van der Waals surface area contributed by atoms with Gasteiger partial charge in [0.15, 0.2) is 5.78 Å². The normalized spacial score (nSPS) is 21.3. The molecule has 1 spiro atoms. The summed E-state index contributed by atoms with van der Waals surface area (Å²) in [6, 6.07) is 5.67. The highest BCUT2D eigenvalue weighted by atomic mass is 35.5. The van der Waals surface area contributed by atoms with Gasteiger partial charge in [-0.3, -0.25) is 4.79 Å². The van der Waals surface area contributed by atoms with Crippen molar-refractivity contribution in [3.8, 4) is 0 Å². The smallest absolute Gasteiger partial charge is 0.165 e. The number of hydrogen-bond donors (Lipinski definition) is 1. The maximum Gasteiger partial charge on any atom is 0.165 e. The SMILES string of the molecule is Cl.O=C1CC2(CCNCC2)Sc2ccc(Cl)cc21. The van der Waals surface area contributed by atoms with Crippen LogP contribution in [0.25, 0.3) is 0 Å². The van der Waals surface area contributed by atoms with E-state index in [-0.39, 0.29) is 22.9 Å². The highest BCUT2D eigenvalue weighted by Gasteiger charge is 2.40. The molecule has 2 heterocycles. The van der Waals surface area contributed by atoms with Gasteiger partial charge >= 0.3 is 0 Å². The van der Waals surface area contributed by atoms with E-state index in [1.54, 1.807) is 6.07 Å². The largest absolute Gasteiger partial charge is 0.317 e. The number of ketones is 1. The lowest BCUT2D eigenvalue weighted by atomic mass is 9.89. The van der Waals surface area contributed by atoms with E-state index < -0.39 is 0 Å². The highest BCUT2D eigenvalue weighted by Crippen LogP contribution is 2.48. The molecular formula is C13H15Cl2NOS. The van der Waals surface area contributed by atoms with E-state index in [0.717, 1.165) is 36.4 Å². The van der Waals surface area contributed by atoms with Crippen molar-refractivity contribution in [1.82, 2.24) is 5.32 Å². The third kappa shape index (κ3) is 2.55. The van der Waals surface area contributed by atoms with Gasteiger partial charge in [0.1, 0.15) is 0 Å². The summed E-state index contributed by atoms with van der Waals surface area (Å²) in [6.45, 7) is 2.03. The Morgan fingerprint density at radius 3 is 2.72 bits per heavy atom. The first-order valence-electron chi connectivity index (χ1n) is 5.91. The Bertz CT molecular complexity index is 472. The number of halogens is 2. The predicted octanol–water partition coefficient (Wildman–Crippen LogP) is 3.56. The Hall–Kier alpha value is -0.220. The summed E-state index contributed by atoms with van der Waals surface area (Å²) in [4.78, 5) is 13.3. The van der Waals surface area contributed by atoms with Crippen LogP contribution in [-0.4, -0.2) is 23.6 Å². The van der Waals surface area contributed by atoms with Gasteiger partial charge in [0.25, 0.3) is 0 Å². The van der Waals surface area contributed by atoms with Gasteiger partial charge in [-0.1, -0.05) is 11.6 Å². The van der Waals surface area contributed by atoms with E-state index in [1.807, 2.05) is 23.9 Å². The minimum absolute atomic E-state index is 0. The average Bonchev–Trinajstić information content (AvgIpc) is 2.31. The molecule has 0 aliphatic carbocycles. The molecule has 98 valence electrons. The third-order valence-electron chi connectivity index (χ3n) is 3.57. The second kappa shape index (κ2) is 5.41. The Balaban J connectivity index is 0.00000120. The summed E-state index contributed by atoms with van der Waals surface area (Å²) in [5, 5.41) is 4.01. The molecular weight excluding hydrogens is 289 g/mol. The lowest BCUT2D eigenvalue weighted by Gasteiger charge is -2.39. The molecule has 0 saturated carbocycles. The number of Topliss-reactive ketones (excluding diaryl/α,β-unsaturated/α-hetero) is 1. The molecule has 0 unspecified atom stereocenters. The number of carbonyl (C=O) groups is 1. The molecule has 2 aliphatic heterocycles. The third-order valence-corrected chi connectivity index (χ3v) is 5.36. The second-order valence-electron chi connectivity index (χ2n) is 4.78. The van der Waals surface area contributed by atoms with Gasteiger partial charge < -0.3 is 5.32 Å². The molecule has 1 fully saturated rings. The maximum absolute atomic E-state index is 12.2. The van der Waals surface area contributed by atoms with Crippen LogP contribution >= 0.6 is 35.8 Å². The summed E-state index contributed by atoms with van der Waals surface area (Å²) in [6.07, 6.45) is 2.81. The van der Waals surface area contributed by atoms with E-state index in [9.17, 15) is 4.79 Å². The fraction of sp³-hybridized carbons (Fsp3) is 0.462. The second-order valence-corrected chi connectivity index (χ2v) is 6.72. The minimum Gasteiger partial charge on any atom is -0.317 e. The van der Waals surface area contributed by atoms with Crippen molar-refractivity contribution < 1.29 is 4.79 Å². The summed E-state index contributed by atoms with van der Waals surface area (Å²) in [5.41, 5.74) is 0.812. The molecule has 0 atom stereocenters. The number of fused-ring (bicyclic) bond motifs is 1. The lowest BCUT2D eigenvalue weighted by Crippen LogP contribution is -2.42. The zero-order valence-electron chi connectivity index (χ0n) is 9.87. The highest BCUT2D eigenvalue weighted by molar-refractivity contribution is 8.01. The molecule has 2 aliphatic rings. The van der Waals surface area contributed by atoms with Crippen molar-refractivity contribution in [1.29, 1.82) is 0 Å². The summed E-state index contributed by atoms with van der Waals surface area (Å²) in [7, 11) is 0. The van der Waals surface area contributed by atoms with Crippen LogP contribution in [0.5, 0.6) is 0 Å². The van der Waals surface area contributed by atoms with Crippen LogP contribution in [-0.2, 0) is 0 Å². The van der Waals surface area contributed by atoms with Gasteiger partial charge in [0.2, 0.25) is 0 Å². The fourth-order valence-corrected chi connectivity index (χ4v) is 4.30. The molecule has 1 aromatic carbocycles. The van der Waals surface area contributed by atoms with Crippen LogP contribution in [0.1, 0.15) is 29.6 Å². The van der Waals surface area contributed by atoms with Gasteiger partial charge in [-0.25, -0.2) is 0 Å². The quantitative estimate of drug-likeness (QED) is 0.794. The first-order valence-corrected chi connectivity index (χ1v) is 7.11. The molecule has 0 bridgehead atoms. The van der Waals surface area contributed by atoms with Crippen molar-refractivity contribution in [3.63, 3.8) is 0 Å². The van der Waals surface area contributed by atoms with E-state index >= 15 is 0 Å². The molecule has 1 saturated heterocycles. The Labute approximate surface area is 122 Å². The number of nitrogens with one attached hydrogen (secondary N) is 1. The van der Waals surface area contributed by atoms with Crippen LogP contribution in [0, 0.1) is 0 Å². The van der Waals surface area contributed by atoms with Crippen LogP contribution in [0.4, 0.5) is 0 Å². The number of rotatable bonds is 0. The Morgan fingerprint density at radius 2 is 2.00 bits per heavy atom. The topological polar surface area (TPSA) is 29.1 Å². The fourth-order valence-electron chi connectivity index (χ4n) is 2.63. The van der Waals surface area contributed by atoms with Crippen molar-refractivity contribution in [3.05, 3.63) is 28.8 Å². The maximum atomic E-state index is 12.2. The van der Waals surface area contributed by atoms with Gasteiger partial charge in [0, 0.05) is 26.6 Å². The number of hydrogen-bond acceptors (Lipinski definition) is 3. The number of benzene rings is 1. The van der Waals surface area contributed by atoms with Crippen molar-refractivity contribution in [2.75, 3.05) is 13.1 Å². The van der Waals surface area contributed by atoms with Gasteiger partial charge in [0.05, 0.1) is 0 Å². The molecule has 1 N–H and O–H groups in total. The molecule has 0 aromatic heterocycles. The zero-order chi connectivity index (χ0) is 11.9.